The molecule has 106 valence electrons. The molecule has 0 fully saturated rings. The molecule has 0 spiro atoms. The van der Waals surface area contributed by atoms with Gasteiger partial charge in [0.25, 0.3) is 0 Å². The largest absolute Gasteiger partial charge is 0.323 e. The predicted molar refractivity (Wildman–Crippen MR) is 86.2 cm³/mol. The third-order valence-corrected chi connectivity index (χ3v) is 4.18. The molecule has 0 saturated heterocycles. The molecule has 2 aromatic carbocycles. The summed E-state index contributed by atoms with van der Waals surface area (Å²) in [5.74, 6) is -0.147. The van der Waals surface area contributed by atoms with Crippen molar-refractivity contribution in [3.05, 3.63) is 67.0 Å². The fraction of sp³-hybridized carbons (Fsp3) is 0.0667. The summed E-state index contributed by atoms with van der Waals surface area (Å²) in [5, 5.41) is 0.510. The van der Waals surface area contributed by atoms with Gasteiger partial charge >= 0.3 is 5.69 Å². The molecule has 0 aliphatic heterocycles. The van der Waals surface area contributed by atoms with Crippen LogP contribution in [0.4, 0.5) is 0 Å². The fourth-order valence-corrected chi connectivity index (χ4v) is 2.91. The first-order valence-electron chi connectivity index (χ1n) is 6.18. The number of benzene rings is 2. The topological polar surface area (TPSA) is 65.7 Å². The summed E-state index contributed by atoms with van der Waals surface area (Å²) in [6, 6.07) is 8.56. The lowest BCUT2D eigenvalue weighted by molar-refractivity contribution is 0.103. The summed E-state index contributed by atoms with van der Waals surface area (Å²) >= 11 is 9.35. The van der Waals surface area contributed by atoms with Crippen molar-refractivity contribution in [2.75, 3.05) is 0 Å². The number of aryl methyl sites for hydroxylation is 1. The molecule has 0 bridgehead atoms. The van der Waals surface area contributed by atoms with Gasteiger partial charge in [-0.1, -0.05) is 17.7 Å². The Morgan fingerprint density at radius 2 is 1.76 bits per heavy atom. The monoisotopic (exact) mass is 364 g/mol. The number of aromatic nitrogens is 2. The van der Waals surface area contributed by atoms with Gasteiger partial charge in [-0.15, -0.1) is 0 Å². The molecular weight excluding hydrogens is 356 g/mol. The van der Waals surface area contributed by atoms with E-state index < -0.39 is 0 Å². The lowest BCUT2D eigenvalue weighted by Crippen LogP contribution is -2.05. The molecule has 0 aliphatic rings. The smallest absolute Gasteiger partial charge is 0.306 e. The zero-order valence-electron chi connectivity index (χ0n) is 11.0. The Morgan fingerprint density at radius 3 is 2.48 bits per heavy atom. The summed E-state index contributed by atoms with van der Waals surface area (Å²) in [5.41, 5.74) is 2.79. The Hall–Kier alpha value is -1.85. The molecule has 0 atom stereocenters. The van der Waals surface area contributed by atoms with E-state index in [-0.39, 0.29) is 11.5 Å². The summed E-state index contributed by atoms with van der Waals surface area (Å²) in [7, 11) is 0. The van der Waals surface area contributed by atoms with Crippen LogP contribution in [0, 0.1) is 6.92 Å². The number of fused-ring (bicyclic) bond motifs is 1. The number of halogens is 2. The van der Waals surface area contributed by atoms with E-state index in [0.29, 0.717) is 31.7 Å². The predicted octanol–water partition coefficient (Wildman–Crippen LogP) is 3.81. The molecule has 1 heterocycles. The first kappa shape index (κ1) is 14.1. The maximum atomic E-state index is 12.7. The average molecular weight is 366 g/mol. The Labute approximate surface area is 133 Å². The van der Waals surface area contributed by atoms with Crippen LogP contribution in [-0.2, 0) is 0 Å². The van der Waals surface area contributed by atoms with Gasteiger partial charge in [0.15, 0.2) is 5.78 Å². The van der Waals surface area contributed by atoms with E-state index in [4.69, 9.17) is 11.6 Å². The van der Waals surface area contributed by atoms with E-state index in [0.717, 1.165) is 5.56 Å². The summed E-state index contributed by atoms with van der Waals surface area (Å²) in [4.78, 5) is 29.3. The second-order valence-corrected chi connectivity index (χ2v) is 6.04. The number of hydrogen-bond donors (Lipinski definition) is 2. The third-order valence-electron chi connectivity index (χ3n) is 3.29. The minimum Gasteiger partial charge on any atom is -0.306 e. The van der Waals surface area contributed by atoms with Crippen molar-refractivity contribution in [1.82, 2.24) is 9.97 Å². The standard InChI is InChI=1S/C15H10BrClN2O2/c1-7-2-3-8(17)4-9(7)14(20)10-5-12-13(6-11(10)16)19-15(21)18-12/h2-6H,1H3,(H2,18,19,21). The fourth-order valence-electron chi connectivity index (χ4n) is 2.21. The summed E-state index contributed by atoms with van der Waals surface area (Å²) < 4.78 is 0.620. The molecule has 0 saturated carbocycles. The second-order valence-electron chi connectivity index (χ2n) is 4.75. The van der Waals surface area contributed by atoms with Gasteiger partial charge in [0.1, 0.15) is 0 Å². The maximum Gasteiger partial charge on any atom is 0.323 e. The molecule has 2 N–H and O–H groups in total. The molecule has 0 unspecified atom stereocenters. The summed E-state index contributed by atoms with van der Waals surface area (Å²) in [6.45, 7) is 1.86. The highest BCUT2D eigenvalue weighted by molar-refractivity contribution is 9.10. The van der Waals surface area contributed by atoms with E-state index in [1.165, 1.54) is 0 Å². The third kappa shape index (κ3) is 2.54. The van der Waals surface area contributed by atoms with Gasteiger partial charge in [-0.3, -0.25) is 4.79 Å². The van der Waals surface area contributed by atoms with Crippen molar-refractivity contribution in [2.24, 2.45) is 0 Å². The first-order valence-corrected chi connectivity index (χ1v) is 7.35. The number of nitrogens with one attached hydrogen (secondary N) is 2. The molecule has 3 rings (SSSR count). The highest BCUT2D eigenvalue weighted by Crippen LogP contribution is 2.26. The van der Waals surface area contributed by atoms with E-state index in [1.54, 1.807) is 30.3 Å². The van der Waals surface area contributed by atoms with Gasteiger partial charge in [-0.25, -0.2) is 4.79 Å². The number of hydrogen-bond acceptors (Lipinski definition) is 2. The first-order chi connectivity index (χ1) is 9.95. The minimum absolute atomic E-state index is 0.147. The van der Waals surface area contributed by atoms with Gasteiger partial charge in [0, 0.05) is 20.6 Å². The SMILES string of the molecule is Cc1ccc(Cl)cc1C(=O)c1cc2[nH]c(=O)[nH]c2cc1Br. The molecule has 21 heavy (non-hydrogen) atoms. The lowest BCUT2D eigenvalue weighted by Gasteiger charge is -2.07. The second kappa shape index (κ2) is 5.16. The quantitative estimate of drug-likeness (QED) is 0.678. The number of aromatic amines is 2. The van der Waals surface area contributed by atoms with E-state index in [9.17, 15) is 9.59 Å². The Kier molecular flexibility index (Phi) is 3.47. The molecule has 4 nitrogen and oxygen atoms in total. The number of imidazole rings is 1. The van der Waals surface area contributed by atoms with Gasteiger partial charge < -0.3 is 9.97 Å². The van der Waals surface area contributed by atoms with Crippen molar-refractivity contribution >= 4 is 44.3 Å². The van der Waals surface area contributed by atoms with Crippen LogP contribution >= 0.6 is 27.5 Å². The normalized spacial score (nSPS) is 11.0. The Bertz CT molecular complexity index is 927. The van der Waals surface area contributed by atoms with Gasteiger partial charge in [0.2, 0.25) is 0 Å². The van der Waals surface area contributed by atoms with Crippen molar-refractivity contribution in [1.29, 1.82) is 0 Å². The zero-order valence-corrected chi connectivity index (χ0v) is 13.3. The van der Waals surface area contributed by atoms with Crippen LogP contribution in [0.5, 0.6) is 0 Å². The Balaban J connectivity index is 2.19. The molecule has 1 aromatic heterocycles. The van der Waals surface area contributed by atoms with Crippen LogP contribution < -0.4 is 5.69 Å². The summed E-state index contributed by atoms with van der Waals surface area (Å²) in [6.07, 6.45) is 0. The number of carbonyl (C=O) groups excluding carboxylic acids is 1. The average Bonchev–Trinajstić information content (AvgIpc) is 2.79. The highest BCUT2D eigenvalue weighted by atomic mass is 79.9. The minimum atomic E-state index is -0.305. The molecule has 0 amide bonds. The van der Waals surface area contributed by atoms with Crippen molar-refractivity contribution in [3.63, 3.8) is 0 Å². The van der Waals surface area contributed by atoms with Crippen LogP contribution in [0.25, 0.3) is 11.0 Å². The molecule has 0 aliphatic carbocycles. The molecule has 6 heteroatoms. The lowest BCUT2D eigenvalue weighted by atomic mass is 9.99. The van der Waals surface area contributed by atoms with Crippen LogP contribution in [0.3, 0.4) is 0 Å². The van der Waals surface area contributed by atoms with Gasteiger partial charge in [-0.2, -0.15) is 0 Å². The van der Waals surface area contributed by atoms with Crippen molar-refractivity contribution in [3.8, 4) is 0 Å². The molecular formula is C15H10BrClN2O2. The van der Waals surface area contributed by atoms with Crippen molar-refractivity contribution < 1.29 is 4.79 Å². The van der Waals surface area contributed by atoms with Gasteiger partial charge in [-0.05, 0) is 52.7 Å². The van der Waals surface area contributed by atoms with Crippen molar-refractivity contribution in [2.45, 2.75) is 6.92 Å². The highest BCUT2D eigenvalue weighted by Gasteiger charge is 2.17. The number of rotatable bonds is 2. The van der Waals surface area contributed by atoms with E-state index >= 15 is 0 Å². The number of carbonyl (C=O) groups is 1. The maximum absolute atomic E-state index is 12.7. The van der Waals surface area contributed by atoms with Crippen LogP contribution in [0.2, 0.25) is 5.02 Å². The molecule has 0 radical (unpaired) electrons. The van der Waals surface area contributed by atoms with E-state index in [1.807, 2.05) is 6.92 Å². The van der Waals surface area contributed by atoms with Crippen LogP contribution in [-0.4, -0.2) is 15.8 Å². The van der Waals surface area contributed by atoms with E-state index in [2.05, 4.69) is 25.9 Å². The number of H-pyrrole nitrogens is 2. The zero-order chi connectivity index (χ0) is 15.1. The molecule has 3 aromatic rings. The number of ketones is 1. The van der Waals surface area contributed by atoms with Crippen LogP contribution in [0.15, 0.2) is 39.6 Å². The van der Waals surface area contributed by atoms with Crippen LogP contribution in [0.1, 0.15) is 21.5 Å². The van der Waals surface area contributed by atoms with Gasteiger partial charge in [0.05, 0.1) is 11.0 Å². The Morgan fingerprint density at radius 1 is 1.10 bits per heavy atom.